The first-order valence-corrected chi connectivity index (χ1v) is 7.06. The van der Waals surface area contributed by atoms with Crippen LogP contribution >= 0.6 is 11.8 Å². The number of aromatic nitrogens is 6. The van der Waals surface area contributed by atoms with E-state index in [0.717, 1.165) is 36.1 Å². The van der Waals surface area contributed by atoms with Crippen LogP contribution in [-0.2, 0) is 13.5 Å². The lowest BCUT2D eigenvalue weighted by Crippen LogP contribution is -2.05. The molecule has 2 aromatic heterocycles. The van der Waals surface area contributed by atoms with Gasteiger partial charge >= 0.3 is 0 Å². The molecular formula is C11H17N7S. The van der Waals surface area contributed by atoms with Gasteiger partial charge in [-0.3, -0.25) is 0 Å². The third-order valence-corrected chi connectivity index (χ3v) is 3.35. The summed E-state index contributed by atoms with van der Waals surface area (Å²) in [6.07, 6.45) is 1.85. The Balaban J connectivity index is 2.21. The highest BCUT2D eigenvalue weighted by atomic mass is 32.2. The van der Waals surface area contributed by atoms with Gasteiger partial charge in [-0.2, -0.15) is 0 Å². The number of aryl methyl sites for hydroxylation is 2. The van der Waals surface area contributed by atoms with Crippen LogP contribution in [0.3, 0.4) is 0 Å². The molecule has 0 unspecified atom stereocenters. The van der Waals surface area contributed by atoms with E-state index in [1.165, 1.54) is 11.8 Å². The van der Waals surface area contributed by atoms with Crippen molar-refractivity contribution in [1.29, 1.82) is 0 Å². The fourth-order valence-electron chi connectivity index (χ4n) is 1.43. The van der Waals surface area contributed by atoms with Crippen LogP contribution < -0.4 is 5.32 Å². The highest BCUT2D eigenvalue weighted by Crippen LogP contribution is 2.24. The summed E-state index contributed by atoms with van der Waals surface area (Å²) in [5.41, 5.74) is 0. The molecule has 2 heterocycles. The van der Waals surface area contributed by atoms with Gasteiger partial charge in [0, 0.05) is 26.1 Å². The van der Waals surface area contributed by atoms with Crippen molar-refractivity contribution in [2.24, 2.45) is 7.05 Å². The van der Waals surface area contributed by atoms with Crippen LogP contribution in [0, 0.1) is 0 Å². The molecule has 0 aliphatic heterocycles. The lowest BCUT2D eigenvalue weighted by molar-refractivity contribution is 0.664. The molecule has 0 spiro atoms. The Bertz CT molecular complexity index is 540. The van der Waals surface area contributed by atoms with E-state index in [2.05, 4.69) is 37.7 Å². The van der Waals surface area contributed by atoms with Gasteiger partial charge in [0.25, 0.3) is 0 Å². The minimum absolute atomic E-state index is 0.710. The average molecular weight is 279 g/mol. The van der Waals surface area contributed by atoms with E-state index in [9.17, 15) is 0 Å². The molecule has 19 heavy (non-hydrogen) atoms. The Morgan fingerprint density at radius 2 is 2.16 bits per heavy atom. The third-order valence-electron chi connectivity index (χ3n) is 2.40. The SMILES string of the molecule is CCCNc1cc(Sc2nnnn2C)nc(CC)n1. The van der Waals surface area contributed by atoms with Gasteiger partial charge < -0.3 is 5.32 Å². The molecule has 0 aromatic carbocycles. The molecule has 8 heteroatoms. The van der Waals surface area contributed by atoms with E-state index >= 15 is 0 Å². The summed E-state index contributed by atoms with van der Waals surface area (Å²) >= 11 is 1.43. The Morgan fingerprint density at radius 1 is 1.32 bits per heavy atom. The summed E-state index contributed by atoms with van der Waals surface area (Å²) in [5.74, 6) is 1.67. The lowest BCUT2D eigenvalue weighted by atomic mass is 10.4. The van der Waals surface area contributed by atoms with E-state index in [1.807, 2.05) is 13.0 Å². The maximum atomic E-state index is 4.48. The molecule has 0 fully saturated rings. The molecule has 0 aliphatic carbocycles. The minimum Gasteiger partial charge on any atom is -0.370 e. The largest absolute Gasteiger partial charge is 0.370 e. The highest BCUT2D eigenvalue weighted by molar-refractivity contribution is 7.99. The van der Waals surface area contributed by atoms with Crippen molar-refractivity contribution in [3.63, 3.8) is 0 Å². The predicted molar refractivity (Wildman–Crippen MR) is 73.1 cm³/mol. The van der Waals surface area contributed by atoms with Crippen LogP contribution in [0.15, 0.2) is 16.2 Å². The van der Waals surface area contributed by atoms with Crippen molar-refractivity contribution in [1.82, 2.24) is 30.2 Å². The number of tetrazole rings is 1. The first-order chi connectivity index (χ1) is 9.22. The summed E-state index contributed by atoms with van der Waals surface area (Å²) in [4.78, 5) is 8.93. The topological polar surface area (TPSA) is 81.4 Å². The second-order valence-electron chi connectivity index (χ2n) is 3.98. The minimum atomic E-state index is 0.710. The molecule has 7 nitrogen and oxygen atoms in total. The van der Waals surface area contributed by atoms with Gasteiger partial charge in [0.2, 0.25) is 5.16 Å². The monoisotopic (exact) mass is 279 g/mol. The maximum absolute atomic E-state index is 4.48. The molecule has 102 valence electrons. The second kappa shape index (κ2) is 6.46. The highest BCUT2D eigenvalue weighted by Gasteiger charge is 2.09. The van der Waals surface area contributed by atoms with E-state index in [0.29, 0.717) is 5.16 Å². The number of hydrogen-bond acceptors (Lipinski definition) is 7. The van der Waals surface area contributed by atoms with E-state index in [1.54, 1.807) is 11.7 Å². The lowest BCUT2D eigenvalue weighted by Gasteiger charge is -2.07. The van der Waals surface area contributed by atoms with Crippen molar-refractivity contribution in [3.8, 4) is 0 Å². The Labute approximate surface area is 116 Å². The number of nitrogens with one attached hydrogen (secondary N) is 1. The van der Waals surface area contributed by atoms with Crippen LogP contribution in [0.2, 0.25) is 0 Å². The van der Waals surface area contributed by atoms with Crippen molar-refractivity contribution >= 4 is 17.6 Å². The van der Waals surface area contributed by atoms with Crippen molar-refractivity contribution in [3.05, 3.63) is 11.9 Å². The van der Waals surface area contributed by atoms with Gasteiger partial charge in [0.15, 0.2) is 0 Å². The smallest absolute Gasteiger partial charge is 0.215 e. The van der Waals surface area contributed by atoms with Gasteiger partial charge in [-0.25, -0.2) is 14.6 Å². The summed E-state index contributed by atoms with van der Waals surface area (Å²) < 4.78 is 1.62. The average Bonchev–Trinajstić information content (AvgIpc) is 2.81. The Morgan fingerprint density at radius 3 is 2.79 bits per heavy atom. The number of hydrogen-bond donors (Lipinski definition) is 1. The molecule has 0 saturated carbocycles. The molecule has 0 amide bonds. The maximum Gasteiger partial charge on any atom is 0.215 e. The van der Waals surface area contributed by atoms with Crippen LogP contribution in [-0.4, -0.2) is 36.7 Å². The standard InChI is InChI=1S/C11H17N7S/c1-4-6-12-9-7-10(14-8(5-2)13-9)19-11-15-16-17-18(11)3/h7H,4-6H2,1-3H3,(H,12,13,14). The zero-order valence-electron chi connectivity index (χ0n) is 11.3. The van der Waals surface area contributed by atoms with Crippen molar-refractivity contribution in [2.75, 3.05) is 11.9 Å². The number of nitrogens with zero attached hydrogens (tertiary/aromatic N) is 6. The quantitative estimate of drug-likeness (QED) is 0.803. The zero-order valence-corrected chi connectivity index (χ0v) is 12.1. The number of rotatable bonds is 6. The molecule has 0 bridgehead atoms. The molecule has 2 rings (SSSR count). The summed E-state index contributed by atoms with van der Waals surface area (Å²) in [7, 11) is 1.81. The zero-order chi connectivity index (χ0) is 13.7. The molecular weight excluding hydrogens is 262 g/mol. The van der Waals surface area contributed by atoms with Crippen LogP contribution in [0.4, 0.5) is 5.82 Å². The van der Waals surface area contributed by atoms with E-state index < -0.39 is 0 Å². The van der Waals surface area contributed by atoms with Crippen molar-refractivity contribution < 1.29 is 0 Å². The molecule has 1 N–H and O–H groups in total. The molecule has 2 aromatic rings. The molecule has 0 aliphatic rings. The summed E-state index contributed by atoms with van der Waals surface area (Å²) in [6, 6.07) is 1.92. The normalized spacial score (nSPS) is 10.7. The van der Waals surface area contributed by atoms with E-state index in [4.69, 9.17) is 0 Å². The number of anilines is 1. The van der Waals surface area contributed by atoms with Crippen LogP contribution in [0.25, 0.3) is 0 Å². The van der Waals surface area contributed by atoms with Gasteiger partial charge in [0.1, 0.15) is 16.7 Å². The van der Waals surface area contributed by atoms with Crippen LogP contribution in [0.1, 0.15) is 26.1 Å². The molecule has 0 atom stereocenters. The summed E-state index contributed by atoms with van der Waals surface area (Å²) in [6.45, 7) is 5.06. The van der Waals surface area contributed by atoms with Gasteiger partial charge in [-0.05, 0) is 28.6 Å². The fourth-order valence-corrected chi connectivity index (χ4v) is 2.18. The fraction of sp³-hybridized carbons (Fsp3) is 0.545. The van der Waals surface area contributed by atoms with Gasteiger partial charge in [0.05, 0.1) is 0 Å². The van der Waals surface area contributed by atoms with Gasteiger partial charge in [-0.1, -0.05) is 13.8 Å². The third kappa shape index (κ3) is 3.63. The summed E-state index contributed by atoms with van der Waals surface area (Å²) in [5, 5.41) is 16.2. The van der Waals surface area contributed by atoms with E-state index in [-0.39, 0.29) is 0 Å². The van der Waals surface area contributed by atoms with Gasteiger partial charge in [-0.15, -0.1) is 5.10 Å². The first kappa shape index (κ1) is 13.7. The predicted octanol–water partition coefficient (Wildman–Crippen LogP) is 1.54. The van der Waals surface area contributed by atoms with Crippen LogP contribution in [0.5, 0.6) is 0 Å². The van der Waals surface area contributed by atoms with Crippen molar-refractivity contribution in [2.45, 2.75) is 36.9 Å². The molecule has 0 saturated heterocycles. The molecule has 0 radical (unpaired) electrons. The Kier molecular flexibility index (Phi) is 4.67. The second-order valence-corrected chi connectivity index (χ2v) is 4.96. The first-order valence-electron chi connectivity index (χ1n) is 6.25. The Hall–Kier alpha value is -1.70.